The summed E-state index contributed by atoms with van der Waals surface area (Å²) in [4.78, 5) is 25.7. The van der Waals surface area contributed by atoms with Gasteiger partial charge in [-0.3, -0.25) is 14.5 Å². The fourth-order valence-corrected chi connectivity index (χ4v) is 2.77. The lowest BCUT2D eigenvalue weighted by atomic mass is 10.1. The van der Waals surface area contributed by atoms with Gasteiger partial charge in [-0.15, -0.1) is 0 Å². The Balaban J connectivity index is 2.07. The van der Waals surface area contributed by atoms with E-state index in [1.165, 1.54) is 0 Å². The van der Waals surface area contributed by atoms with E-state index in [2.05, 4.69) is 5.32 Å². The Kier molecular flexibility index (Phi) is 4.47. The van der Waals surface area contributed by atoms with Crippen molar-refractivity contribution in [2.24, 2.45) is 5.73 Å². The van der Waals surface area contributed by atoms with Crippen molar-refractivity contribution in [2.45, 2.75) is 38.8 Å². The van der Waals surface area contributed by atoms with Crippen molar-refractivity contribution in [3.8, 4) is 0 Å². The number of nitrogens with two attached hydrogens (primary N) is 2. The fraction of sp³-hybridized carbons (Fsp3) is 0.467. The molecule has 2 atom stereocenters. The normalized spacial score (nSPS) is 20.2. The zero-order chi connectivity index (χ0) is 15.6. The van der Waals surface area contributed by atoms with Gasteiger partial charge in [0.1, 0.15) is 0 Å². The first-order chi connectivity index (χ1) is 9.90. The average Bonchev–Trinajstić information content (AvgIpc) is 2.90. The van der Waals surface area contributed by atoms with Gasteiger partial charge in [0, 0.05) is 11.4 Å². The standard InChI is InChI=1S/C15H22N4O2/c1-9-8-11(16)5-6-12(9)18-15(21)10(2)19-7-3-4-13(19)14(17)20/h5-6,8,10,13H,3-4,7,16H2,1-2H3,(H2,17,20)(H,18,21). The summed E-state index contributed by atoms with van der Waals surface area (Å²) in [7, 11) is 0. The number of likely N-dealkylation sites (tertiary alicyclic amines) is 1. The molecule has 0 aromatic heterocycles. The smallest absolute Gasteiger partial charge is 0.241 e. The molecule has 1 aromatic carbocycles. The van der Waals surface area contributed by atoms with Gasteiger partial charge in [0.05, 0.1) is 12.1 Å². The van der Waals surface area contributed by atoms with Gasteiger partial charge in [-0.25, -0.2) is 0 Å². The highest BCUT2D eigenvalue weighted by Crippen LogP contribution is 2.22. The van der Waals surface area contributed by atoms with Crippen LogP contribution in [-0.4, -0.2) is 35.3 Å². The van der Waals surface area contributed by atoms with Crippen LogP contribution in [0.25, 0.3) is 0 Å². The second kappa shape index (κ2) is 6.13. The van der Waals surface area contributed by atoms with Crippen molar-refractivity contribution < 1.29 is 9.59 Å². The molecule has 6 heteroatoms. The fourth-order valence-electron chi connectivity index (χ4n) is 2.77. The van der Waals surface area contributed by atoms with E-state index in [1.54, 1.807) is 19.1 Å². The molecule has 1 saturated heterocycles. The zero-order valence-corrected chi connectivity index (χ0v) is 12.4. The van der Waals surface area contributed by atoms with Crippen LogP contribution in [0.1, 0.15) is 25.3 Å². The summed E-state index contributed by atoms with van der Waals surface area (Å²) < 4.78 is 0. The molecule has 1 aromatic rings. The summed E-state index contributed by atoms with van der Waals surface area (Å²) in [6, 6.07) is 4.59. The molecule has 1 aliphatic rings. The molecule has 6 nitrogen and oxygen atoms in total. The summed E-state index contributed by atoms with van der Waals surface area (Å²) in [6.07, 6.45) is 1.60. The Morgan fingerprint density at radius 2 is 2.14 bits per heavy atom. The average molecular weight is 290 g/mol. The first kappa shape index (κ1) is 15.3. The molecule has 2 rings (SSSR count). The lowest BCUT2D eigenvalue weighted by Crippen LogP contribution is -2.49. The van der Waals surface area contributed by atoms with Gasteiger partial charge in [-0.2, -0.15) is 0 Å². The largest absolute Gasteiger partial charge is 0.399 e. The van der Waals surface area contributed by atoms with Crippen LogP contribution in [0.5, 0.6) is 0 Å². The highest BCUT2D eigenvalue weighted by molar-refractivity contribution is 5.96. The van der Waals surface area contributed by atoms with Crippen LogP contribution < -0.4 is 16.8 Å². The molecule has 0 spiro atoms. The summed E-state index contributed by atoms with van der Waals surface area (Å²) in [5.41, 5.74) is 13.4. The number of aryl methyl sites for hydroxylation is 1. The van der Waals surface area contributed by atoms with Gasteiger partial charge in [0.15, 0.2) is 0 Å². The van der Waals surface area contributed by atoms with Crippen molar-refractivity contribution in [3.05, 3.63) is 23.8 Å². The number of nitrogens with zero attached hydrogens (tertiary/aromatic N) is 1. The van der Waals surface area contributed by atoms with Crippen LogP contribution in [0.4, 0.5) is 11.4 Å². The summed E-state index contributed by atoms with van der Waals surface area (Å²) in [5, 5.41) is 2.89. The van der Waals surface area contributed by atoms with Crippen LogP contribution in [0, 0.1) is 6.92 Å². The number of nitrogen functional groups attached to an aromatic ring is 1. The van der Waals surface area contributed by atoms with Gasteiger partial charge in [-0.05, 0) is 57.0 Å². The SMILES string of the molecule is Cc1cc(N)ccc1NC(=O)C(C)N1CCCC1C(N)=O. The van der Waals surface area contributed by atoms with E-state index in [1.807, 2.05) is 17.9 Å². The summed E-state index contributed by atoms with van der Waals surface area (Å²) in [6.45, 7) is 4.39. The minimum atomic E-state index is -0.401. The van der Waals surface area contributed by atoms with Crippen LogP contribution in [0.3, 0.4) is 0 Å². The number of carbonyl (C=O) groups excluding carboxylic acids is 2. The second-order valence-corrected chi connectivity index (χ2v) is 5.54. The van der Waals surface area contributed by atoms with Gasteiger partial charge < -0.3 is 16.8 Å². The van der Waals surface area contributed by atoms with E-state index in [0.29, 0.717) is 18.7 Å². The Morgan fingerprint density at radius 1 is 1.43 bits per heavy atom. The molecule has 0 bridgehead atoms. The third-order valence-electron chi connectivity index (χ3n) is 4.01. The molecule has 114 valence electrons. The summed E-state index contributed by atoms with van der Waals surface area (Å²) in [5.74, 6) is -0.508. The van der Waals surface area contributed by atoms with Crippen LogP contribution in [0.2, 0.25) is 0 Å². The highest BCUT2D eigenvalue weighted by atomic mass is 16.2. The van der Waals surface area contributed by atoms with Crippen LogP contribution >= 0.6 is 0 Å². The van der Waals surface area contributed by atoms with Gasteiger partial charge in [0.25, 0.3) is 0 Å². The van der Waals surface area contributed by atoms with E-state index in [-0.39, 0.29) is 17.9 Å². The third kappa shape index (κ3) is 3.33. The van der Waals surface area contributed by atoms with E-state index in [9.17, 15) is 9.59 Å². The number of primary amides is 1. The number of anilines is 2. The van der Waals surface area contributed by atoms with E-state index in [4.69, 9.17) is 11.5 Å². The van der Waals surface area contributed by atoms with Crippen molar-refractivity contribution in [1.29, 1.82) is 0 Å². The molecule has 5 N–H and O–H groups in total. The molecular formula is C15H22N4O2. The number of hydrogen-bond acceptors (Lipinski definition) is 4. The minimum absolute atomic E-state index is 0.143. The molecule has 2 amide bonds. The Labute approximate surface area is 124 Å². The first-order valence-corrected chi connectivity index (χ1v) is 7.12. The van der Waals surface area contributed by atoms with E-state index < -0.39 is 6.04 Å². The van der Waals surface area contributed by atoms with Crippen molar-refractivity contribution in [1.82, 2.24) is 4.90 Å². The van der Waals surface area contributed by atoms with Gasteiger partial charge >= 0.3 is 0 Å². The molecule has 1 aliphatic heterocycles. The second-order valence-electron chi connectivity index (χ2n) is 5.54. The maximum atomic E-state index is 12.4. The van der Waals surface area contributed by atoms with Gasteiger partial charge in [-0.1, -0.05) is 0 Å². The predicted molar refractivity (Wildman–Crippen MR) is 82.6 cm³/mol. The number of hydrogen-bond donors (Lipinski definition) is 3. The number of amides is 2. The zero-order valence-electron chi connectivity index (χ0n) is 12.4. The van der Waals surface area contributed by atoms with E-state index >= 15 is 0 Å². The molecule has 0 saturated carbocycles. The van der Waals surface area contributed by atoms with E-state index in [0.717, 1.165) is 17.7 Å². The third-order valence-corrected chi connectivity index (χ3v) is 4.01. The molecule has 0 radical (unpaired) electrons. The highest BCUT2D eigenvalue weighted by Gasteiger charge is 2.35. The number of benzene rings is 1. The number of rotatable bonds is 4. The molecule has 2 unspecified atom stereocenters. The number of nitrogens with one attached hydrogen (secondary N) is 1. The number of carbonyl (C=O) groups is 2. The monoisotopic (exact) mass is 290 g/mol. The quantitative estimate of drug-likeness (QED) is 0.716. The van der Waals surface area contributed by atoms with Crippen LogP contribution in [-0.2, 0) is 9.59 Å². The predicted octanol–water partition coefficient (Wildman–Crippen LogP) is 0.854. The van der Waals surface area contributed by atoms with Gasteiger partial charge in [0.2, 0.25) is 11.8 Å². The Bertz CT molecular complexity index is 559. The molecule has 21 heavy (non-hydrogen) atoms. The summed E-state index contributed by atoms with van der Waals surface area (Å²) >= 11 is 0. The van der Waals surface area contributed by atoms with Crippen molar-refractivity contribution >= 4 is 23.2 Å². The topological polar surface area (TPSA) is 101 Å². The van der Waals surface area contributed by atoms with Crippen molar-refractivity contribution in [3.63, 3.8) is 0 Å². The minimum Gasteiger partial charge on any atom is -0.399 e. The lowest BCUT2D eigenvalue weighted by molar-refractivity contribution is -0.126. The van der Waals surface area contributed by atoms with Crippen molar-refractivity contribution in [2.75, 3.05) is 17.6 Å². The van der Waals surface area contributed by atoms with Crippen LogP contribution in [0.15, 0.2) is 18.2 Å². The first-order valence-electron chi connectivity index (χ1n) is 7.12. The maximum absolute atomic E-state index is 12.4. The molecule has 1 fully saturated rings. The maximum Gasteiger partial charge on any atom is 0.241 e. The lowest BCUT2D eigenvalue weighted by Gasteiger charge is -2.28. The molecule has 1 heterocycles. The Morgan fingerprint density at radius 3 is 2.76 bits per heavy atom. The Hall–Kier alpha value is -2.08. The molecule has 0 aliphatic carbocycles. The molecular weight excluding hydrogens is 268 g/mol.